The third-order valence-electron chi connectivity index (χ3n) is 4.23. The second kappa shape index (κ2) is 5.69. The van der Waals surface area contributed by atoms with Crippen LogP contribution in [-0.4, -0.2) is 39.2 Å². The van der Waals surface area contributed by atoms with Crippen LogP contribution in [0.4, 0.5) is 0 Å². The summed E-state index contributed by atoms with van der Waals surface area (Å²) in [5.74, 6) is -0.196. The van der Waals surface area contributed by atoms with Crippen molar-refractivity contribution in [2.75, 3.05) is 0 Å². The molecule has 0 spiro atoms. The lowest BCUT2D eigenvalue weighted by atomic mass is 9.79. The van der Waals surface area contributed by atoms with E-state index in [1.54, 1.807) is 17.3 Å². The van der Waals surface area contributed by atoms with Gasteiger partial charge >= 0.3 is 7.12 Å². The fraction of sp³-hybridized carbons (Fsp3) is 0.692. The van der Waals surface area contributed by atoms with Gasteiger partial charge in [-0.1, -0.05) is 5.22 Å². The molecule has 1 aliphatic rings. The summed E-state index contributed by atoms with van der Waals surface area (Å²) < 4.78 is 12.0. The van der Waals surface area contributed by atoms with E-state index in [0.29, 0.717) is 6.54 Å². The van der Waals surface area contributed by atoms with Gasteiger partial charge in [0.15, 0.2) is 0 Å². The van der Waals surface area contributed by atoms with Crippen LogP contribution in [0.5, 0.6) is 0 Å². The van der Waals surface area contributed by atoms with Crippen molar-refractivity contribution in [2.24, 2.45) is 5.22 Å². The molecule has 1 N–H and O–H groups in total. The quantitative estimate of drug-likeness (QED) is 0.511. The van der Waals surface area contributed by atoms with Crippen LogP contribution in [-0.2, 0) is 15.9 Å². The van der Waals surface area contributed by atoms with E-state index < -0.39 is 18.3 Å². The van der Waals surface area contributed by atoms with E-state index in [4.69, 9.17) is 14.8 Å². The van der Waals surface area contributed by atoms with E-state index in [2.05, 4.69) is 15.2 Å². The molecule has 0 saturated carbocycles. The van der Waals surface area contributed by atoms with Gasteiger partial charge in [0.2, 0.25) is 0 Å². The van der Waals surface area contributed by atoms with E-state index in [9.17, 15) is 0 Å². The zero-order chi connectivity index (χ0) is 15.7. The summed E-state index contributed by atoms with van der Waals surface area (Å²) in [5, 5.41) is 5.19. The van der Waals surface area contributed by atoms with Gasteiger partial charge in [-0.2, -0.15) is 5.53 Å². The average molecular weight is 291 g/mol. The van der Waals surface area contributed by atoms with Crippen molar-refractivity contribution < 1.29 is 9.31 Å². The molecule has 21 heavy (non-hydrogen) atoms. The van der Waals surface area contributed by atoms with Crippen LogP contribution in [0.25, 0.3) is 0 Å². The lowest BCUT2D eigenvalue weighted by Crippen LogP contribution is -2.43. The van der Waals surface area contributed by atoms with Crippen molar-refractivity contribution >= 4 is 7.12 Å². The summed E-state index contributed by atoms with van der Waals surface area (Å²) in [6.07, 6.45) is 3.15. The highest BCUT2D eigenvalue weighted by Gasteiger charge is 2.54. The number of nitrogens with one attached hydrogen (secondary N) is 1. The van der Waals surface area contributed by atoms with Gasteiger partial charge in [-0.25, -0.2) is 9.97 Å². The molecule has 8 heteroatoms. The molecule has 1 aromatic rings. The van der Waals surface area contributed by atoms with Crippen molar-refractivity contribution in [1.82, 2.24) is 15.0 Å². The summed E-state index contributed by atoms with van der Waals surface area (Å²) in [4.78, 5) is 8.04. The summed E-state index contributed by atoms with van der Waals surface area (Å²) in [5.41, 5.74) is 7.40. The van der Waals surface area contributed by atoms with Crippen LogP contribution in [0, 0.1) is 5.53 Å². The Morgan fingerprint density at radius 1 is 1.33 bits per heavy atom. The zero-order valence-electron chi connectivity index (χ0n) is 13.2. The van der Waals surface area contributed by atoms with Gasteiger partial charge in [0.1, 0.15) is 6.33 Å². The Balaban J connectivity index is 2.08. The predicted molar refractivity (Wildman–Crippen MR) is 78.3 cm³/mol. The molecule has 2 heterocycles. The second-order valence-electron chi connectivity index (χ2n) is 6.26. The molecule has 7 nitrogen and oxygen atoms in total. The monoisotopic (exact) mass is 291 g/mol. The third-order valence-corrected chi connectivity index (χ3v) is 4.23. The molecular formula is C13H22BN5O2. The van der Waals surface area contributed by atoms with E-state index in [-0.39, 0.29) is 5.94 Å². The van der Waals surface area contributed by atoms with Crippen molar-refractivity contribution in [2.45, 2.75) is 58.3 Å². The molecule has 1 aromatic heterocycles. The van der Waals surface area contributed by atoms with Crippen molar-refractivity contribution in [3.05, 3.63) is 24.3 Å². The molecule has 2 rings (SSSR count). The van der Waals surface area contributed by atoms with E-state index in [0.717, 1.165) is 5.69 Å². The standard InChI is InChI=1S/C13H22BN5O2/c1-10(14-20-12(2,3)13(4,5)21-14)19(18-15)8-11-6-7-16-9-17-11/h6-7,9-10,15H,8H2,1-5H3. The minimum atomic E-state index is -0.439. The highest BCUT2D eigenvalue weighted by molar-refractivity contribution is 6.47. The van der Waals surface area contributed by atoms with Crippen LogP contribution in [0.2, 0.25) is 0 Å². The van der Waals surface area contributed by atoms with Gasteiger partial charge in [-0.15, -0.1) is 0 Å². The molecule has 1 saturated heterocycles. The lowest BCUT2D eigenvalue weighted by Gasteiger charge is -2.32. The maximum absolute atomic E-state index is 7.40. The summed E-state index contributed by atoms with van der Waals surface area (Å²) in [7, 11) is -0.439. The van der Waals surface area contributed by atoms with E-state index in [1.807, 2.05) is 34.6 Å². The van der Waals surface area contributed by atoms with Crippen molar-refractivity contribution in [3.63, 3.8) is 0 Å². The Hall–Kier alpha value is -1.54. The molecule has 0 radical (unpaired) electrons. The number of nitrogens with zero attached hydrogens (tertiary/aromatic N) is 4. The topological polar surface area (TPSA) is 83.7 Å². The summed E-state index contributed by atoms with van der Waals surface area (Å²) in [6, 6.07) is 1.80. The summed E-state index contributed by atoms with van der Waals surface area (Å²) >= 11 is 0. The number of hydrogen-bond donors (Lipinski definition) is 1. The Morgan fingerprint density at radius 2 is 1.95 bits per heavy atom. The highest BCUT2D eigenvalue weighted by Crippen LogP contribution is 2.38. The first-order valence-electron chi connectivity index (χ1n) is 7.01. The Labute approximate surface area is 125 Å². The largest absolute Gasteiger partial charge is 0.483 e. The van der Waals surface area contributed by atoms with Crippen LogP contribution in [0.1, 0.15) is 40.3 Å². The van der Waals surface area contributed by atoms with E-state index in [1.165, 1.54) is 6.33 Å². The summed E-state index contributed by atoms with van der Waals surface area (Å²) in [6.45, 7) is 10.4. The first-order valence-corrected chi connectivity index (χ1v) is 7.01. The molecule has 114 valence electrons. The third kappa shape index (κ3) is 3.21. The molecule has 1 unspecified atom stereocenters. The van der Waals surface area contributed by atoms with Gasteiger partial charge in [-0.3, -0.25) is 5.01 Å². The molecule has 0 amide bonds. The highest BCUT2D eigenvalue weighted by atomic mass is 16.7. The van der Waals surface area contributed by atoms with Gasteiger partial charge in [0, 0.05) is 6.20 Å². The van der Waals surface area contributed by atoms with E-state index >= 15 is 0 Å². The van der Waals surface area contributed by atoms with Gasteiger partial charge in [0.25, 0.3) is 0 Å². The number of rotatable bonds is 5. The van der Waals surface area contributed by atoms with Crippen LogP contribution >= 0.6 is 0 Å². The van der Waals surface area contributed by atoms with Crippen molar-refractivity contribution in [3.8, 4) is 0 Å². The maximum atomic E-state index is 7.40. The lowest BCUT2D eigenvalue weighted by molar-refractivity contribution is 0.00578. The maximum Gasteiger partial charge on any atom is 0.483 e. The molecule has 1 fully saturated rings. The number of aromatic nitrogens is 2. The van der Waals surface area contributed by atoms with Gasteiger partial charge in [-0.05, 0) is 40.7 Å². The SMILES string of the molecule is CC(B1OC(C)(C)C(C)(C)O1)N(Cc1ccncn1)N=N. The molecule has 0 aromatic carbocycles. The fourth-order valence-corrected chi connectivity index (χ4v) is 2.07. The zero-order valence-corrected chi connectivity index (χ0v) is 13.2. The smallest absolute Gasteiger partial charge is 0.402 e. The second-order valence-corrected chi connectivity index (χ2v) is 6.26. The van der Waals surface area contributed by atoms with Gasteiger partial charge < -0.3 is 9.31 Å². The molecule has 1 atom stereocenters. The molecule has 0 bridgehead atoms. The predicted octanol–water partition coefficient (Wildman–Crippen LogP) is 2.24. The van der Waals surface area contributed by atoms with Crippen LogP contribution < -0.4 is 0 Å². The van der Waals surface area contributed by atoms with Crippen LogP contribution in [0.3, 0.4) is 0 Å². The Bertz CT molecular complexity index is 481. The number of hydrogen-bond acceptors (Lipinski definition) is 6. The minimum absolute atomic E-state index is 0.196. The van der Waals surface area contributed by atoms with Crippen molar-refractivity contribution in [1.29, 1.82) is 5.53 Å². The molecule has 0 aliphatic carbocycles. The first-order chi connectivity index (χ1) is 9.77. The first kappa shape index (κ1) is 15.8. The average Bonchev–Trinajstić information content (AvgIpc) is 2.65. The van der Waals surface area contributed by atoms with Crippen LogP contribution in [0.15, 0.2) is 23.8 Å². The Kier molecular flexibility index (Phi) is 4.29. The molecule has 1 aliphatic heterocycles. The normalized spacial score (nSPS) is 21.1. The van der Waals surface area contributed by atoms with Gasteiger partial charge in [0.05, 0.1) is 29.4 Å². The molecular weight excluding hydrogens is 269 g/mol. The minimum Gasteiger partial charge on any atom is -0.402 e. The Morgan fingerprint density at radius 3 is 2.43 bits per heavy atom. The fourth-order valence-electron chi connectivity index (χ4n) is 2.07.